The number of carbonyl (C=O) groups excluding carboxylic acids is 1. The normalized spacial score (nSPS) is 10.9. The third-order valence-corrected chi connectivity index (χ3v) is 2.96. The summed E-state index contributed by atoms with van der Waals surface area (Å²) < 4.78 is 2.75. The SMILES string of the molecule is CN(C)CCCCNC(=O)c1cc(Br)cn1C. The van der Waals surface area contributed by atoms with Gasteiger partial charge in [-0.05, 0) is 55.5 Å². The molecule has 0 aliphatic rings. The summed E-state index contributed by atoms with van der Waals surface area (Å²) in [6, 6.07) is 1.83. The van der Waals surface area contributed by atoms with Crippen LogP contribution >= 0.6 is 15.9 Å². The Balaban J connectivity index is 2.28. The Morgan fingerprint density at radius 3 is 2.71 bits per heavy atom. The Morgan fingerprint density at radius 2 is 2.18 bits per heavy atom. The molecular weight excluding hydrogens is 282 g/mol. The second-order valence-electron chi connectivity index (χ2n) is 4.42. The summed E-state index contributed by atoms with van der Waals surface area (Å²) in [5.41, 5.74) is 0.685. The van der Waals surface area contributed by atoms with E-state index in [0.717, 1.165) is 30.4 Å². The van der Waals surface area contributed by atoms with Crippen molar-refractivity contribution < 1.29 is 4.79 Å². The topological polar surface area (TPSA) is 37.3 Å². The largest absolute Gasteiger partial charge is 0.351 e. The van der Waals surface area contributed by atoms with E-state index in [1.807, 2.05) is 23.9 Å². The molecule has 0 unspecified atom stereocenters. The molecular formula is C12H20BrN3O. The molecule has 0 atom stereocenters. The molecule has 0 fully saturated rings. The van der Waals surface area contributed by atoms with Gasteiger partial charge in [0, 0.05) is 24.3 Å². The highest BCUT2D eigenvalue weighted by molar-refractivity contribution is 9.10. The minimum atomic E-state index is -0.0111. The third kappa shape index (κ3) is 4.91. The number of halogens is 1. The molecule has 1 aromatic rings. The molecule has 0 bridgehead atoms. The van der Waals surface area contributed by atoms with Crippen LogP contribution in [0.5, 0.6) is 0 Å². The molecule has 1 rings (SSSR count). The van der Waals surface area contributed by atoms with E-state index in [1.165, 1.54) is 0 Å². The van der Waals surface area contributed by atoms with E-state index < -0.39 is 0 Å². The molecule has 17 heavy (non-hydrogen) atoms. The fraction of sp³-hybridized carbons (Fsp3) is 0.583. The zero-order valence-electron chi connectivity index (χ0n) is 10.7. The molecule has 0 radical (unpaired) electrons. The molecule has 96 valence electrons. The first kappa shape index (κ1) is 14.3. The molecule has 1 heterocycles. The predicted octanol–water partition coefficient (Wildman–Crippen LogP) is 1.86. The van der Waals surface area contributed by atoms with Crippen molar-refractivity contribution in [3.63, 3.8) is 0 Å². The maximum atomic E-state index is 11.8. The van der Waals surface area contributed by atoms with Crippen LogP contribution in [0.1, 0.15) is 23.3 Å². The Morgan fingerprint density at radius 1 is 1.47 bits per heavy atom. The number of unbranched alkanes of at least 4 members (excludes halogenated alkanes) is 1. The van der Waals surface area contributed by atoms with Crippen LogP contribution in [0.4, 0.5) is 0 Å². The summed E-state index contributed by atoms with van der Waals surface area (Å²) in [5, 5.41) is 2.93. The average molecular weight is 302 g/mol. The van der Waals surface area contributed by atoms with Crippen LogP contribution in [0.25, 0.3) is 0 Å². The maximum Gasteiger partial charge on any atom is 0.267 e. The van der Waals surface area contributed by atoms with E-state index in [9.17, 15) is 4.79 Å². The molecule has 0 saturated heterocycles. The van der Waals surface area contributed by atoms with Gasteiger partial charge in [-0.15, -0.1) is 0 Å². The van der Waals surface area contributed by atoms with Crippen molar-refractivity contribution in [1.82, 2.24) is 14.8 Å². The standard InChI is InChI=1S/C12H20BrN3O/c1-15(2)7-5-4-6-14-12(17)11-8-10(13)9-16(11)3/h8-9H,4-7H2,1-3H3,(H,14,17). The molecule has 5 heteroatoms. The summed E-state index contributed by atoms with van der Waals surface area (Å²) in [6.07, 6.45) is 3.99. The van der Waals surface area contributed by atoms with Gasteiger partial charge in [0.05, 0.1) is 0 Å². The molecule has 1 amide bonds. The Hall–Kier alpha value is -0.810. The van der Waals surface area contributed by atoms with Crippen molar-refractivity contribution in [2.45, 2.75) is 12.8 Å². The molecule has 0 aliphatic heterocycles. The van der Waals surface area contributed by atoms with Gasteiger partial charge in [-0.25, -0.2) is 0 Å². The lowest BCUT2D eigenvalue weighted by molar-refractivity contribution is 0.0944. The number of hydrogen-bond acceptors (Lipinski definition) is 2. The minimum absolute atomic E-state index is 0.0111. The summed E-state index contributed by atoms with van der Waals surface area (Å²) in [7, 11) is 5.98. The number of aromatic nitrogens is 1. The highest BCUT2D eigenvalue weighted by Gasteiger charge is 2.09. The number of nitrogens with zero attached hydrogens (tertiary/aromatic N) is 2. The molecule has 0 aliphatic carbocycles. The summed E-state index contributed by atoms with van der Waals surface area (Å²) in [6.45, 7) is 1.79. The van der Waals surface area contributed by atoms with Crippen molar-refractivity contribution in [2.24, 2.45) is 7.05 Å². The molecule has 0 spiro atoms. The van der Waals surface area contributed by atoms with Crippen LogP contribution < -0.4 is 5.32 Å². The highest BCUT2D eigenvalue weighted by atomic mass is 79.9. The van der Waals surface area contributed by atoms with Crippen molar-refractivity contribution >= 4 is 21.8 Å². The first-order valence-corrected chi connectivity index (χ1v) is 6.55. The zero-order chi connectivity index (χ0) is 12.8. The van der Waals surface area contributed by atoms with Gasteiger partial charge in [0.15, 0.2) is 0 Å². The molecule has 0 saturated carbocycles. The summed E-state index contributed by atoms with van der Waals surface area (Å²) >= 11 is 3.35. The summed E-state index contributed by atoms with van der Waals surface area (Å²) in [4.78, 5) is 14.0. The van der Waals surface area contributed by atoms with Crippen LogP contribution in [0.2, 0.25) is 0 Å². The molecule has 1 aromatic heterocycles. The second kappa shape index (κ2) is 6.81. The number of aryl methyl sites for hydroxylation is 1. The first-order valence-electron chi connectivity index (χ1n) is 5.75. The number of nitrogens with one attached hydrogen (secondary N) is 1. The van der Waals surface area contributed by atoms with Gasteiger partial charge in [0.1, 0.15) is 5.69 Å². The molecule has 1 N–H and O–H groups in total. The van der Waals surface area contributed by atoms with E-state index in [2.05, 4.69) is 40.2 Å². The Labute approximate surface area is 111 Å². The Bertz CT molecular complexity index is 374. The van der Waals surface area contributed by atoms with Crippen LogP contribution in [0.3, 0.4) is 0 Å². The third-order valence-electron chi connectivity index (χ3n) is 2.52. The number of hydrogen-bond donors (Lipinski definition) is 1. The van der Waals surface area contributed by atoms with Gasteiger partial charge >= 0.3 is 0 Å². The molecule has 4 nitrogen and oxygen atoms in total. The van der Waals surface area contributed by atoms with Crippen LogP contribution in [0.15, 0.2) is 16.7 Å². The molecule has 0 aromatic carbocycles. The number of amides is 1. The van der Waals surface area contributed by atoms with E-state index >= 15 is 0 Å². The fourth-order valence-corrected chi connectivity index (χ4v) is 2.12. The maximum absolute atomic E-state index is 11.8. The zero-order valence-corrected chi connectivity index (χ0v) is 12.2. The van der Waals surface area contributed by atoms with Crippen molar-refractivity contribution in [3.05, 3.63) is 22.4 Å². The Kier molecular flexibility index (Phi) is 5.71. The van der Waals surface area contributed by atoms with Gasteiger partial charge < -0.3 is 14.8 Å². The minimum Gasteiger partial charge on any atom is -0.351 e. The van der Waals surface area contributed by atoms with Gasteiger partial charge in [-0.3, -0.25) is 4.79 Å². The first-order chi connectivity index (χ1) is 8.00. The van der Waals surface area contributed by atoms with Crippen LogP contribution in [-0.4, -0.2) is 42.6 Å². The van der Waals surface area contributed by atoms with Gasteiger partial charge in [0.25, 0.3) is 5.91 Å². The van der Waals surface area contributed by atoms with E-state index in [-0.39, 0.29) is 5.91 Å². The van der Waals surface area contributed by atoms with E-state index in [0.29, 0.717) is 5.69 Å². The summed E-state index contributed by atoms with van der Waals surface area (Å²) in [5.74, 6) is -0.0111. The van der Waals surface area contributed by atoms with Gasteiger partial charge in [-0.2, -0.15) is 0 Å². The highest BCUT2D eigenvalue weighted by Crippen LogP contribution is 2.13. The predicted molar refractivity (Wildman–Crippen MR) is 73.2 cm³/mol. The van der Waals surface area contributed by atoms with Crippen molar-refractivity contribution in [1.29, 1.82) is 0 Å². The fourth-order valence-electron chi connectivity index (χ4n) is 1.60. The van der Waals surface area contributed by atoms with Gasteiger partial charge in [-0.1, -0.05) is 0 Å². The quantitative estimate of drug-likeness (QED) is 0.815. The number of rotatable bonds is 6. The van der Waals surface area contributed by atoms with Gasteiger partial charge in [0.2, 0.25) is 0 Å². The lowest BCUT2D eigenvalue weighted by Crippen LogP contribution is -2.26. The number of carbonyl (C=O) groups is 1. The lowest BCUT2D eigenvalue weighted by atomic mass is 10.3. The smallest absolute Gasteiger partial charge is 0.267 e. The lowest BCUT2D eigenvalue weighted by Gasteiger charge is -2.09. The second-order valence-corrected chi connectivity index (χ2v) is 5.34. The average Bonchev–Trinajstić information content (AvgIpc) is 2.56. The van der Waals surface area contributed by atoms with E-state index in [1.54, 1.807) is 0 Å². The monoisotopic (exact) mass is 301 g/mol. The van der Waals surface area contributed by atoms with Crippen molar-refractivity contribution in [2.75, 3.05) is 27.2 Å². The van der Waals surface area contributed by atoms with Crippen LogP contribution in [-0.2, 0) is 7.05 Å². The van der Waals surface area contributed by atoms with E-state index in [4.69, 9.17) is 0 Å². The van der Waals surface area contributed by atoms with Crippen LogP contribution in [0, 0.1) is 0 Å². The van der Waals surface area contributed by atoms with Crippen molar-refractivity contribution in [3.8, 4) is 0 Å².